The summed E-state index contributed by atoms with van der Waals surface area (Å²) in [6, 6.07) is 7.85. The van der Waals surface area contributed by atoms with Crippen molar-refractivity contribution in [3.8, 4) is 11.5 Å². The standard InChI is InChI=1S/C22H26F2N2O4/c1-4-29-19-10-9-15(12-20(19)30-5-2)22(28)25-13-21(27)26-14(3)11-16-17(23)7-6-8-18(16)24/h6-10,12,14H,4-5,11,13H2,1-3H3,(H,25,28)(H,26,27). The normalized spacial score (nSPS) is 11.5. The molecule has 8 heteroatoms. The maximum Gasteiger partial charge on any atom is 0.251 e. The van der Waals surface area contributed by atoms with Gasteiger partial charge < -0.3 is 20.1 Å². The summed E-state index contributed by atoms with van der Waals surface area (Å²) in [6.45, 7) is 5.89. The van der Waals surface area contributed by atoms with Crippen molar-refractivity contribution in [2.75, 3.05) is 19.8 Å². The molecule has 0 saturated carbocycles. The third kappa shape index (κ3) is 6.43. The molecule has 2 aromatic rings. The molecule has 30 heavy (non-hydrogen) atoms. The van der Waals surface area contributed by atoms with Crippen LogP contribution in [0.25, 0.3) is 0 Å². The van der Waals surface area contributed by atoms with Crippen LogP contribution in [0.1, 0.15) is 36.7 Å². The molecule has 0 aromatic heterocycles. The molecule has 0 heterocycles. The van der Waals surface area contributed by atoms with Crippen molar-refractivity contribution in [1.29, 1.82) is 0 Å². The van der Waals surface area contributed by atoms with Crippen molar-refractivity contribution in [3.63, 3.8) is 0 Å². The molecule has 0 bridgehead atoms. The van der Waals surface area contributed by atoms with Crippen molar-refractivity contribution in [3.05, 3.63) is 59.2 Å². The van der Waals surface area contributed by atoms with E-state index in [1.807, 2.05) is 13.8 Å². The molecule has 2 aromatic carbocycles. The Labute approximate surface area is 174 Å². The summed E-state index contributed by atoms with van der Waals surface area (Å²) in [4.78, 5) is 24.5. The van der Waals surface area contributed by atoms with Gasteiger partial charge in [-0.3, -0.25) is 9.59 Å². The number of carbonyl (C=O) groups is 2. The van der Waals surface area contributed by atoms with Crippen molar-refractivity contribution in [2.24, 2.45) is 0 Å². The quantitative estimate of drug-likeness (QED) is 0.619. The van der Waals surface area contributed by atoms with Gasteiger partial charge in [0, 0.05) is 17.2 Å². The van der Waals surface area contributed by atoms with E-state index in [-0.39, 0.29) is 18.5 Å². The number of amides is 2. The van der Waals surface area contributed by atoms with Crippen LogP contribution in [0, 0.1) is 11.6 Å². The summed E-state index contributed by atoms with van der Waals surface area (Å²) in [5.74, 6) is -1.28. The molecule has 2 amide bonds. The van der Waals surface area contributed by atoms with Crippen LogP contribution in [0.15, 0.2) is 36.4 Å². The van der Waals surface area contributed by atoms with Gasteiger partial charge in [0.05, 0.1) is 19.8 Å². The minimum absolute atomic E-state index is 0.00516. The highest BCUT2D eigenvalue weighted by Gasteiger charge is 2.16. The van der Waals surface area contributed by atoms with E-state index < -0.39 is 29.5 Å². The highest BCUT2D eigenvalue weighted by Crippen LogP contribution is 2.28. The number of hydrogen-bond acceptors (Lipinski definition) is 4. The van der Waals surface area contributed by atoms with Crippen LogP contribution >= 0.6 is 0 Å². The van der Waals surface area contributed by atoms with Crippen LogP contribution in [0.2, 0.25) is 0 Å². The third-order valence-corrected chi connectivity index (χ3v) is 4.19. The molecule has 0 aliphatic rings. The maximum absolute atomic E-state index is 13.7. The van der Waals surface area contributed by atoms with Gasteiger partial charge in [-0.05, 0) is 57.5 Å². The molecule has 0 aliphatic carbocycles. The summed E-state index contributed by atoms with van der Waals surface area (Å²) in [7, 11) is 0. The highest BCUT2D eigenvalue weighted by molar-refractivity contribution is 5.97. The lowest BCUT2D eigenvalue weighted by molar-refractivity contribution is -0.120. The van der Waals surface area contributed by atoms with E-state index >= 15 is 0 Å². The fourth-order valence-corrected chi connectivity index (χ4v) is 2.87. The monoisotopic (exact) mass is 420 g/mol. The SMILES string of the molecule is CCOc1ccc(C(=O)NCC(=O)NC(C)Cc2c(F)cccc2F)cc1OCC. The Kier molecular flexibility index (Phi) is 8.58. The molecular weight excluding hydrogens is 394 g/mol. The zero-order chi connectivity index (χ0) is 22.1. The Morgan fingerprint density at radius 2 is 1.63 bits per heavy atom. The Hall–Kier alpha value is -3.16. The van der Waals surface area contributed by atoms with Crippen molar-refractivity contribution in [2.45, 2.75) is 33.2 Å². The first kappa shape index (κ1) is 23.1. The summed E-state index contributed by atoms with van der Waals surface area (Å²) in [5, 5.41) is 5.13. The molecule has 162 valence electrons. The predicted molar refractivity (Wildman–Crippen MR) is 109 cm³/mol. The smallest absolute Gasteiger partial charge is 0.251 e. The highest BCUT2D eigenvalue weighted by atomic mass is 19.1. The van der Waals surface area contributed by atoms with Gasteiger partial charge in [-0.1, -0.05) is 6.07 Å². The second-order valence-electron chi connectivity index (χ2n) is 6.58. The van der Waals surface area contributed by atoms with Gasteiger partial charge in [-0.25, -0.2) is 8.78 Å². The van der Waals surface area contributed by atoms with Gasteiger partial charge in [-0.15, -0.1) is 0 Å². The van der Waals surface area contributed by atoms with Crippen LogP contribution < -0.4 is 20.1 Å². The molecule has 0 saturated heterocycles. The zero-order valence-corrected chi connectivity index (χ0v) is 17.3. The van der Waals surface area contributed by atoms with Crippen LogP contribution in [0.3, 0.4) is 0 Å². The Morgan fingerprint density at radius 3 is 2.27 bits per heavy atom. The molecule has 2 rings (SSSR count). The minimum atomic E-state index is -0.662. The number of halogens is 2. The van der Waals surface area contributed by atoms with Gasteiger partial charge in [0.25, 0.3) is 5.91 Å². The van der Waals surface area contributed by atoms with Gasteiger partial charge >= 0.3 is 0 Å². The number of hydrogen-bond donors (Lipinski definition) is 2. The summed E-state index contributed by atoms with van der Waals surface area (Å²) < 4.78 is 38.4. The maximum atomic E-state index is 13.7. The number of rotatable bonds is 10. The van der Waals surface area contributed by atoms with E-state index in [1.54, 1.807) is 25.1 Å². The molecule has 2 N–H and O–H groups in total. The largest absolute Gasteiger partial charge is 0.490 e. The number of carbonyl (C=O) groups excluding carboxylic acids is 2. The Balaban J connectivity index is 1.91. The number of ether oxygens (including phenoxy) is 2. The molecule has 0 radical (unpaired) electrons. The lowest BCUT2D eigenvalue weighted by Crippen LogP contribution is -2.41. The topological polar surface area (TPSA) is 76.7 Å². The summed E-state index contributed by atoms with van der Waals surface area (Å²) in [5.41, 5.74) is 0.225. The molecule has 0 spiro atoms. The van der Waals surface area contributed by atoms with Crippen molar-refractivity contribution in [1.82, 2.24) is 10.6 Å². The van der Waals surface area contributed by atoms with Crippen LogP contribution in [0.5, 0.6) is 11.5 Å². The molecule has 6 nitrogen and oxygen atoms in total. The lowest BCUT2D eigenvalue weighted by atomic mass is 10.1. The fourth-order valence-electron chi connectivity index (χ4n) is 2.87. The first-order chi connectivity index (χ1) is 14.3. The van der Waals surface area contributed by atoms with E-state index in [9.17, 15) is 18.4 Å². The molecule has 0 fully saturated rings. The second kappa shape index (κ2) is 11.1. The molecule has 1 atom stereocenters. The van der Waals surface area contributed by atoms with E-state index in [1.165, 1.54) is 18.2 Å². The second-order valence-corrected chi connectivity index (χ2v) is 6.58. The summed E-state index contributed by atoms with van der Waals surface area (Å²) >= 11 is 0. The molecular formula is C22H26F2N2O4. The zero-order valence-electron chi connectivity index (χ0n) is 17.3. The van der Waals surface area contributed by atoms with Gasteiger partial charge in [0.15, 0.2) is 11.5 Å². The number of nitrogens with one attached hydrogen (secondary N) is 2. The first-order valence-electron chi connectivity index (χ1n) is 9.75. The van der Waals surface area contributed by atoms with E-state index in [2.05, 4.69) is 10.6 Å². The van der Waals surface area contributed by atoms with E-state index in [0.717, 1.165) is 0 Å². The van der Waals surface area contributed by atoms with Crippen molar-refractivity contribution >= 4 is 11.8 Å². The Morgan fingerprint density at radius 1 is 1.00 bits per heavy atom. The van der Waals surface area contributed by atoms with E-state index in [0.29, 0.717) is 30.3 Å². The van der Waals surface area contributed by atoms with Gasteiger partial charge in [-0.2, -0.15) is 0 Å². The fraction of sp³-hybridized carbons (Fsp3) is 0.364. The van der Waals surface area contributed by atoms with Crippen LogP contribution in [-0.4, -0.2) is 37.6 Å². The number of benzene rings is 2. The first-order valence-corrected chi connectivity index (χ1v) is 9.75. The van der Waals surface area contributed by atoms with Crippen molar-refractivity contribution < 1.29 is 27.8 Å². The molecule has 0 aliphatic heterocycles. The van der Waals surface area contributed by atoms with Gasteiger partial charge in [0.2, 0.25) is 5.91 Å². The van der Waals surface area contributed by atoms with Crippen LogP contribution in [0.4, 0.5) is 8.78 Å². The lowest BCUT2D eigenvalue weighted by Gasteiger charge is -2.15. The van der Waals surface area contributed by atoms with Gasteiger partial charge in [0.1, 0.15) is 11.6 Å². The van der Waals surface area contributed by atoms with Crippen LogP contribution in [-0.2, 0) is 11.2 Å². The third-order valence-electron chi connectivity index (χ3n) is 4.19. The molecule has 1 unspecified atom stereocenters. The predicted octanol–water partition coefficient (Wildman–Crippen LogP) is 3.24. The average molecular weight is 420 g/mol. The Bertz CT molecular complexity index is 869. The van der Waals surface area contributed by atoms with E-state index in [4.69, 9.17) is 9.47 Å². The average Bonchev–Trinajstić information content (AvgIpc) is 2.70. The minimum Gasteiger partial charge on any atom is -0.490 e. The summed E-state index contributed by atoms with van der Waals surface area (Å²) in [6.07, 6.45) is -0.00516.